The minimum absolute atomic E-state index is 0.398. The highest BCUT2D eigenvalue weighted by Gasteiger charge is 2.23. The van der Waals surface area contributed by atoms with Gasteiger partial charge in [-0.1, -0.05) is 12.1 Å². The fourth-order valence-corrected chi connectivity index (χ4v) is 2.05. The molecule has 0 aromatic heterocycles. The van der Waals surface area contributed by atoms with Crippen LogP contribution in [-0.2, 0) is 0 Å². The molecule has 0 aliphatic heterocycles. The number of hydrogen-bond donors (Lipinski definition) is 1. The molecule has 0 bridgehead atoms. The summed E-state index contributed by atoms with van der Waals surface area (Å²) in [5, 5.41) is 3.39. The van der Waals surface area contributed by atoms with E-state index in [-0.39, 0.29) is 0 Å². The van der Waals surface area contributed by atoms with Gasteiger partial charge in [0.1, 0.15) is 5.75 Å². The molecule has 1 N–H and O–H groups in total. The highest BCUT2D eigenvalue weighted by molar-refractivity contribution is 5.31. The van der Waals surface area contributed by atoms with Crippen LogP contribution in [0.2, 0.25) is 0 Å². The number of benzene rings is 1. The van der Waals surface area contributed by atoms with E-state index in [0.29, 0.717) is 12.1 Å². The zero-order chi connectivity index (χ0) is 13.0. The third-order valence-electron chi connectivity index (χ3n) is 3.30. The molecular weight excluding hydrogens is 224 g/mol. The van der Waals surface area contributed by atoms with E-state index < -0.39 is 0 Å². The summed E-state index contributed by atoms with van der Waals surface area (Å²) < 4.78 is 5.85. The fraction of sp³-hybridized carbons (Fsp3) is 0.600. The Hall–Kier alpha value is -1.06. The molecule has 1 unspecified atom stereocenters. The fourth-order valence-electron chi connectivity index (χ4n) is 2.05. The summed E-state index contributed by atoms with van der Waals surface area (Å²) in [5.41, 5.74) is 1.32. The van der Waals surface area contributed by atoms with Crippen LogP contribution in [0, 0.1) is 0 Å². The zero-order valence-electron chi connectivity index (χ0n) is 11.6. The summed E-state index contributed by atoms with van der Waals surface area (Å²) in [5.74, 6) is 1.01. The number of ether oxygens (including phenoxy) is 1. The van der Waals surface area contributed by atoms with E-state index in [9.17, 15) is 0 Å². The topological polar surface area (TPSA) is 24.5 Å². The molecule has 0 saturated heterocycles. The molecule has 18 heavy (non-hydrogen) atoms. The van der Waals surface area contributed by atoms with Crippen molar-refractivity contribution in [3.05, 3.63) is 29.8 Å². The van der Waals surface area contributed by atoms with Gasteiger partial charge in [-0.3, -0.25) is 0 Å². The lowest BCUT2D eigenvalue weighted by molar-refractivity contribution is 0.302. The van der Waals surface area contributed by atoms with Crippen molar-refractivity contribution in [1.82, 2.24) is 10.2 Å². The first kappa shape index (κ1) is 13.4. The molecule has 2 rings (SSSR count). The Labute approximate surface area is 110 Å². The molecule has 1 aromatic rings. The highest BCUT2D eigenvalue weighted by atomic mass is 16.5. The van der Waals surface area contributed by atoms with Crippen molar-refractivity contribution < 1.29 is 4.74 Å². The molecule has 1 atom stereocenters. The molecule has 1 aliphatic carbocycles. The first-order chi connectivity index (χ1) is 8.69. The Bertz CT molecular complexity index is 375. The molecule has 1 aromatic carbocycles. The molecule has 0 amide bonds. The standard InChI is InChI=1S/C15H24N2O/c1-16-15(9-10-17(2)3)12-5-4-6-14(11-12)18-13-7-8-13/h4-6,11,13,15-16H,7-10H2,1-3H3. The monoisotopic (exact) mass is 248 g/mol. The van der Waals surface area contributed by atoms with Crippen LogP contribution in [0.3, 0.4) is 0 Å². The van der Waals surface area contributed by atoms with Gasteiger partial charge >= 0.3 is 0 Å². The van der Waals surface area contributed by atoms with Crippen LogP contribution in [0.25, 0.3) is 0 Å². The second-order valence-corrected chi connectivity index (χ2v) is 5.32. The summed E-state index contributed by atoms with van der Waals surface area (Å²) >= 11 is 0. The second kappa shape index (κ2) is 6.21. The molecule has 0 heterocycles. The SMILES string of the molecule is CNC(CCN(C)C)c1cccc(OC2CC2)c1. The van der Waals surface area contributed by atoms with Crippen LogP contribution in [0.15, 0.2) is 24.3 Å². The molecular formula is C15H24N2O. The van der Waals surface area contributed by atoms with Crippen LogP contribution >= 0.6 is 0 Å². The number of hydrogen-bond acceptors (Lipinski definition) is 3. The summed E-state index contributed by atoms with van der Waals surface area (Å²) in [6.45, 7) is 1.08. The number of rotatable bonds is 7. The molecule has 100 valence electrons. The quantitative estimate of drug-likeness (QED) is 0.802. The minimum atomic E-state index is 0.398. The Morgan fingerprint density at radius 3 is 2.78 bits per heavy atom. The van der Waals surface area contributed by atoms with E-state index in [1.807, 2.05) is 7.05 Å². The molecule has 1 aliphatic rings. The van der Waals surface area contributed by atoms with E-state index >= 15 is 0 Å². The van der Waals surface area contributed by atoms with Gasteiger partial charge in [0.05, 0.1) is 6.10 Å². The predicted octanol–water partition coefficient (Wildman–Crippen LogP) is 2.44. The van der Waals surface area contributed by atoms with Crippen molar-refractivity contribution in [2.75, 3.05) is 27.7 Å². The Kier molecular flexibility index (Phi) is 4.61. The Morgan fingerprint density at radius 1 is 1.39 bits per heavy atom. The maximum absolute atomic E-state index is 5.85. The van der Waals surface area contributed by atoms with E-state index in [2.05, 4.69) is 48.6 Å². The van der Waals surface area contributed by atoms with Crippen LogP contribution in [0.4, 0.5) is 0 Å². The van der Waals surface area contributed by atoms with E-state index in [1.54, 1.807) is 0 Å². The van der Waals surface area contributed by atoms with Gasteiger partial charge in [0.15, 0.2) is 0 Å². The van der Waals surface area contributed by atoms with Crippen LogP contribution < -0.4 is 10.1 Å². The van der Waals surface area contributed by atoms with E-state index in [4.69, 9.17) is 4.74 Å². The minimum Gasteiger partial charge on any atom is -0.490 e. The first-order valence-electron chi connectivity index (χ1n) is 6.77. The van der Waals surface area contributed by atoms with Crippen molar-refractivity contribution in [1.29, 1.82) is 0 Å². The lowest BCUT2D eigenvalue weighted by atomic mass is 10.0. The number of nitrogens with one attached hydrogen (secondary N) is 1. The van der Waals surface area contributed by atoms with Gasteiger partial charge in [-0.2, -0.15) is 0 Å². The average molecular weight is 248 g/mol. The van der Waals surface area contributed by atoms with Gasteiger partial charge in [0, 0.05) is 6.04 Å². The van der Waals surface area contributed by atoms with Gasteiger partial charge in [-0.05, 0) is 64.6 Å². The first-order valence-corrected chi connectivity index (χ1v) is 6.77. The van der Waals surface area contributed by atoms with E-state index in [1.165, 1.54) is 18.4 Å². The molecule has 1 saturated carbocycles. The van der Waals surface area contributed by atoms with Gasteiger partial charge < -0.3 is 15.0 Å². The van der Waals surface area contributed by atoms with Gasteiger partial charge in [0.2, 0.25) is 0 Å². The van der Waals surface area contributed by atoms with Crippen LogP contribution in [-0.4, -0.2) is 38.7 Å². The molecule has 0 spiro atoms. The third kappa shape index (κ3) is 4.00. The molecule has 0 radical (unpaired) electrons. The summed E-state index contributed by atoms with van der Waals surface area (Å²) in [7, 11) is 6.24. The average Bonchev–Trinajstić information content (AvgIpc) is 3.14. The van der Waals surface area contributed by atoms with Crippen molar-refractivity contribution in [2.45, 2.75) is 31.4 Å². The normalized spacial score (nSPS) is 16.9. The lowest BCUT2D eigenvalue weighted by Gasteiger charge is -2.19. The maximum Gasteiger partial charge on any atom is 0.120 e. The smallest absolute Gasteiger partial charge is 0.120 e. The maximum atomic E-state index is 5.85. The van der Waals surface area contributed by atoms with Crippen molar-refractivity contribution in [2.24, 2.45) is 0 Å². The number of nitrogens with zero attached hydrogens (tertiary/aromatic N) is 1. The van der Waals surface area contributed by atoms with Gasteiger partial charge in [-0.25, -0.2) is 0 Å². The van der Waals surface area contributed by atoms with E-state index in [0.717, 1.165) is 18.7 Å². The lowest BCUT2D eigenvalue weighted by Crippen LogP contribution is -2.22. The van der Waals surface area contributed by atoms with Gasteiger partial charge in [-0.15, -0.1) is 0 Å². The Morgan fingerprint density at radius 2 is 2.17 bits per heavy atom. The third-order valence-corrected chi connectivity index (χ3v) is 3.30. The Balaban J connectivity index is 1.99. The predicted molar refractivity (Wildman–Crippen MR) is 75.1 cm³/mol. The second-order valence-electron chi connectivity index (χ2n) is 5.32. The van der Waals surface area contributed by atoms with Crippen molar-refractivity contribution in [3.8, 4) is 5.75 Å². The molecule has 3 heteroatoms. The summed E-state index contributed by atoms with van der Waals surface area (Å²) in [6, 6.07) is 8.90. The highest BCUT2D eigenvalue weighted by Crippen LogP contribution is 2.28. The molecule has 1 fully saturated rings. The van der Waals surface area contributed by atoms with Gasteiger partial charge in [0.25, 0.3) is 0 Å². The van der Waals surface area contributed by atoms with Crippen molar-refractivity contribution in [3.63, 3.8) is 0 Å². The molecule has 3 nitrogen and oxygen atoms in total. The van der Waals surface area contributed by atoms with Crippen molar-refractivity contribution >= 4 is 0 Å². The summed E-state index contributed by atoms with van der Waals surface area (Å²) in [4.78, 5) is 2.22. The van der Waals surface area contributed by atoms with Crippen LogP contribution in [0.5, 0.6) is 5.75 Å². The largest absolute Gasteiger partial charge is 0.490 e. The summed E-state index contributed by atoms with van der Waals surface area (Å²) in [6.07, 6.45) is 3.99. The van der Waals surface area contributed by atoms with Crippen LogP contribution in [0.1, 0.15) is 30.9 Å². The zero-order valence-corrected chi connectivity index (χ0v) is 11.6.